The van der Waals surface area contributed by atoms with Gasteiger partial charge in [-0.1, -0.05) is 44.0 Å². The van der Waals surface area contributed by atoms with E-state index in [0.717, 1.165) is 30.6 Å². The van der Waals surface area contributed by atoms with Crippen LogP contribution in [0, 0.1) is 0 Å². The standard InChI is InChI=1S/C16H21NO3S/c1-2-3-8-13(16(19)20)17-15(18)14-12-7-5-4-6-11(12)9-10-21-14/h4-7,13-14H,2-3,8-10H2,1H3,(H,17,18)(H,19,20). The van der Waals surface area contributed by atoms with E-state index in [1.807, 2.05) is 31.2 Å². The zero-order valence-corrected chi connectivity index (χ0v) is 13.0. The van der Waals surface area contributed by atoms with Crippen LogP contribution in [0.15, 0.2) is 24.3 Å². The van der Waals surface area contributed by atoms with Crippen LogP contribution in [0.1, 0.15) is 42.6 Å². The number of hydrogen-bond acceptors (Lipinski definition) is 3. The molecule has 4 nitrogen and oxygen atoms in total. The zero-order valence-electron chi connectivity index (χ0n) is 12.2. The van der Waals surface area contributed by atoms with Crippen molar-refractivity contribution < 1.29 is 14.7 Å². The summed E-state index contributed by atoms with van der Waals surface area (Å²) in [5.41, 5.74) is 2.21. The minimum Gasteiger partial charge on any atom is -0.480 e. The van der Waals surface area contributed by atoms with Crippen LogP contribution in [0.2, 0.25) is 0 Å². The number of rotatable bonds is 6. The van der Waals surface area contributed by atoms with Crippen LogP contribution < -0.4 is 5.32 Å². The quantitative estimate of drug-likeness (QED) is 0.848. The highest BCUT2D eigenvalue weighted by molar-refractivity contribution is 8.00. The first-order chi connectivity index (χ1) is 10.1. The molecule has 114 valence electrons. The number of fused-ring (bicyclic) bond motifs is 1. The van der Waals surface area contributed by atoms with E-state index in [1.54, 1.807) is 11.8 Å². The Hall–Kier alpha value is -1.49. The van der Waals surface area contributed by atoms with Gasteiger partial charge in [0.25, 0.3) is 0 Å². The van der Waals surface area contributed by atoms with Crippen molar-refractivity contribution >= 4 is 23.6 Å². The molecule has 1 amide bonds. The molecule has 0 fully saturated rings. The lowest BCUT2D eigenvalue weighted by atomic mass is 10.0. The molecule has 1 aromatic rings. The third-order valence-corrected chi connectivity index (χ3v) is 4.93. The summed E-state index contributed by atoms with van der Waals surface area (Å²) < 4.78 is 0. The number of aryl methyl sites for hydroxylation is 1. The third kappa shape index (κ3) is 4.00. The Labute approximate surface area is 129 Å². The van der Waals surface area contributed by atoms with Gasteiger partial charge in [-0.3, -0.25) is 4.79 Å². The van der Waals surface area contributed by atoms with Crippen molar-refractivity contribution in [1.29, 1.82) is 0 Å². The number of carboxylic acids is 1. The van der Waals surface area contributed by atoms with Crippen molar-refractivity contribution in [3.63, 3.8) is 0 Å². The smallest absolute Gasteiger partial charge is 0.326 e. The second-order valence-electron chi connectivity index (χ2n) is 5.24. The highest BCUT2D eigenvalue weighted by Crippen LogP contribution is 2.36. The molecule has 0 spiro atoms. The van der Waals surface area contributed by atoms with Crippen LogP contribution >= 0.6 is 11.8 Å². The van der Waals surface area contributed by atoms with Crippen molar-refractivity contribution in [2.75, 3.05) is 5.75 Å². The van der Waals surface area contributed by atoms with Gasteiger partial charge in [-0.2, -0.15) is 0 Å². The number of aliphatic carboxylic acids is 1. The number of hydrogen-bond donors (Lipinski definition) is 2. The maximum absolute atomic E-state index is 12.4. The molecule has 0 saturated heterocycles. The topological polar surface area (TPSA) is 66.4 Å². The van der Waals surface area contributed by atoms with Crippen LogP contribution in [0.5, 0.6) is 0 Å². The summed E-state index contributed by atoms with van der Waals surface area (Å²) in [6.45, 7) is 2.01. The Morgan fingerprint density at radius 2 is 2.19 bits per heavy atom. The fourth-order valence-electron chi connectivity index (χ4n) is 2.52. The lowest BCUT2D eigenvalue weighted by molar-refractivity contribution is -0.142. The van der Waals surface area contributed by atoms with Crippen LogP contribution in [0.25, 0.3) is 0 Å². The molecular formula is C16H21NO3S. The van der Waals surface area contributed by atoms with E-state index in [9.17, 15) is 14.7 Å². The molecule has 1 heterocycles. The average Bonchev–Trinajstić information content (AvgIpc) is 2.50. The van der Waals surface area contributed by atoms with Crippen molar-refractivity contribution in [2.24, 2.45) is 0 Å². The number of thioether (sulfide) groups is 1. The number of carboxylic acid groups (broad SMARTS) is 1. The molecule has 2 unspecified atom stereocenters. The summed E-state index contributed by atoms with van der Waals surface area (Å²) >= 11 is 1.59. The number of amides is 1. The molecule has 0 aliphatic carbocycles. The summed E-state index contributed by atoms with van der Waals surface area (Å²) in [4.78, 5) is 23.7. The fourth-order valence-corrected chi connectivity index (χ4v) is 3.73. The van der Waals surface area contributed by atoms with Gasteiger partial charge in [0.2, 0.25) is 5.91 Å². The van der Waals surface area contributed by atoms with Crippen LogP contribution in [-0.2, 0) is 16.0 Å². The number of benzene rings is 1. The van der Waals surface area contributed by atoms with Gasteiger partial charge in [-0.15, -0.1) is 11.8 Å². The van der Waals surface area contributed by atoms with Gasteiger partial charge in [0.15, 0.2) is 0 Å². The summed E-state index contributed by atoms with van der Waals surface area (Å²) in [7, 11) is 0. The normalized spacial score (nSPS) is 18.6. The predicted molar refractivity (Wildman–Crippen MR) is 84.4 cm³/mol. The van der Waals surface area contributed by atoms with Gasteiger partial charge in [-0.25, -0.2) is 4.79 Å². The Morgan fingerprint density at radius 3 is 2.90 bits per heavy atom. The number of nitrogens with one attached hydrogen (secondary N) is 1. The second kappa shape index (κ2) is 7.50. The third-order valence-electron chi connectivity index (χ3n) is 3.69. The molecule has 1 aliphatic rings. The summed E-state index contributed by atoms with van der Waals surface area (Å²) in [6.07, 6.45) is 3.16. The maximum Gasteiger partial charge on any atom is 0.326 e. The number of carbonyl (C=O) groups is 2. The molecule has 2 rings (SSSR count). The molecule has 21 heavy (non-hydrogen) atoms. The van der Waals surface area contributed by atoms with Crippen LogP contribution in [-0.4, -0.2) is 28.8 Å². The van der Waals surface area contributed by atoms with E-state index in [-0.39, 0.29) is 11.2 Å². The van der Waals surface area contributed by atoms with Gasteiger partial charge < -0.3 is 10.4 Å². The fraction of sp³-hybridized carbons (Fsp3) is 0.500. The van der Waals surface area contributed by atoms with E-state index >= 15 is 0 Å². The number of unbranched alkanes of at least 4 members (excludes halogenated alkanes) is 1. The van der Waals surface area contributed by atoms with Crippen molar-refractivity contribution in [1.82, 2.24) is 5.32 Å². The Kier molecular flexibility index (Phi) is 5.67. The molecule has 5 heteroatoms. The van der Waals surface area contributed by atoms with Crippen LogP contribution in [0.4, 0.5) is 0 Å². The van der Waals surface area contributed by atoms with E-state index in [1.165, 1.54) is 5.56 Å². The maximum atomic E-state index is 12.4. The predicted octanol–water partition coefficient (Wildman–Crippen LogP) is 2.78. The lowest BCUT2D eigenvalue weighted by Gasteiger charge is -2.25. The highest BCUT2D eigenvalue weighted by Gasteiger charge is 2.29. The van der Waals surface area contributed by atoms with Gasteiger partial charge in [0.1, 0.15) is 11.3 Å². The monoisotopic (exact) mass is 307 g/mol. The second-order valence-corrected chi connectivity index (χ2v) is 6.45. The van der Waals surface area contributed by atoms with Crippen molar-refractivity contribution in [3.05, 3.63) is 35.4 Å². The molecule has 0 aromatic heterocycles. The molecule has 0 saturated carbocycles. The summed E-state index contributed by atoms with van der Waals surface area (Å²) in [5.74, 6) is -0.247. The molecule has 0 radical (unpaired) electrons. The van der Waals surface area contributed by atoms with Gasteiger partial charge in [-0.05, 0) is 29.7 Å². The van der Waals surface area contributed by atoms with E-state index in [0.29, 0.717) is 6.42 Å². The first-order valence-corrected chi connectivity index (χ1v) is 8.41. The Balaban J connectivity index is 2.08. The molecule has 1 aromatic carbocycles. The molecule has 2 N–H and O–H groups in total. The van der Waals surface area contributed by atoms with E-state index in [2.05, 4.69) is 5.32 Å². The summed E-state index contributed by atoms with van der Waals surface area (Å²) in [5, 5.41) is 11.6. The van der Waals surface area contributed by atoms with Crippen molar-refractivity contribution in [2.45, 2.75) is 43.9 Å². The lowest BCUT2D eigenvalue weighted by Crippen LogP contribution is -2.43. The number of carbonyl (C=O) groups excluding carboxylic acids is 1. The first-order valence-electron chi connectivity index (χ1n) is 7.36. The van der Waals surface area contributed by atoms with E-state index < -0.39 is 12.0 Å². The molecule has 0 bridgehead atoms. The summed E-state index contributed by atoms with van der Waals surface area (Å²) in [6, 6.07) is 7.13. The molecule has 2 atom stereocenters. The first kappa shape index (κ1) is 15.9. The minimum absolute atomic E-state index is 0.185. The van der Waals surface area contributed by atoms with Gasteiger partial charge >= 0.3 is 5.97 Å². The zero-order chi connectivity index (χ0) is 15.2. The molecular weight excluding hydrogens is 286 g/mol. The Morgan fingerprint density at radius 1 is 1.43 bits per heavy atom. The minimum atomic E-state index is -0.953. The average molecular weight is 307 g/mol. The van der Waals surface area contributed by atoms with Gasteiger partial charge in [0, 0.05) is 0 Å². The largest absolute Gasteiger partial charge is 0.480 e. The van der Waals surface area contributed by atoms with Crippen molar-refractivity contribution in [3.8, 4) is 0 Å². The van der Waals surface area contributed by atoms with E-state index in [4.69, 9.17) is 0 Å². The Bertz CT molecular complexity index is 518. The SMILES string of the molecule is CCCCC(NC(=O)C1SCCc2ccccc21)C(=O)O. The van der Waals surface area contributed by atoms with Gasteiger partial charge in [0.05, 0.1) is 0 Å². The van der Waals surface area contributed by atoms with Crippen LogP contribution in [0.3, 0.4) is 0 Å². The highest BCUT2D eigenvalue weighted by atomic mass is 32.2. The molecule has 1 aliphatic heterocycles.